The first-order valence-electron chi connectivity index (χ1n) is 8.28. The Labute approximate surface area is 160 Å². The molecule has 2 heterocycles. The third-order valence-corrected chi connectivity index (χ3v) is 5.13. The van der Waals surface area contributed by atoms with E-state index in [9.17, 15) is 9.59 Å². The minimum atomic E-state index is -0.677. The predicted octanol–water partition coefficient (Wildman–Crippen LogP) is 3.77. The number of hydrogen-bond acceptors (Lipinski definition) is 6. The Morgan fingerprint density at radius 2 is 1.59 bits per heavy atom. The lowest BCUT2D eigenvalue weighted by molar-refractivity contribution is -0.121. The molecule has 0 N–H and O–H groups in total. The highest BCUT2D eigenvalue weighted by molar-refractivity contribution is 7.99. The molecule has 2 aromatic carbocycles. The van der Waals surface area contributed by atoms with Crippen molar-refractivity contribution in [2.24, 2.45) is 0 Å². The van der Waals surface area contributed by atoms with E-state index in [2.05, 4.69) is 9.97 Å². The number of carbonyl (C=O) groups excluding carboxylic acids is 2. The molecule has 134 valence electrons. The maximum atomic E-state index is 12.9. The maximum absolute atomic E-state index is 12.9. The van der Waals surface area contributed by atoms with Crippen LogP contribution in [0.4, 0.5) is 11.4 Å². The number of amides is 1. The van der Waals surface area contributed by atoms with Gasteiger partial charge in [-0.25, -0.2) is 9.78 Å². The second-order valence-corrected chi connectivity index (χ2v) is 6.97. The summed E-state index contributed by atoms with van der Waals surface area (Å²) in [5.41, 5.74) is 2.32. The molecular weight excluding hydrogens is 362 g/mol. The van der Waals surface area contributed by atoms with Crippen LogP contribution in [0.15, 0.2) is 70.7 Å². The van der Waals surface area contributed by atoms with E-state index in [1.54, 1.807) is 23.6 Å². The molecule has 1 aromatic heterocycles. The van der Waals surface area contributed by atoms with Crippen LogP contribution in [-0.2, 0) is 9.53 Å². The molecular formula is C20H15N3O3S. The Kier molecular flexibility index (Phi) is 4.60. The van der Waals surface area contributed by atoms with E-state index in [-0.39, 0.29) is 18.2 Å². The Hall–Kier alpha value is -3.19. The summed E-state index contributed by atoms with van der Waals surface area (Å²) >= 11 is 1.61. The SMILES string of the molecule is Cc1cnc(C(=O)OCC(=O)N2c3ccccc3Sc3ccccc32)cn1. The van der Waals surface area contributed by atoms with E-state index >= 15 is 0 Å². The minimum absolute atomic E-state index is 0.0726. The van der Waals surface area contributed by atoms with Gasteiger partial charge in [0.05, 0.1) is 23.3 Å². The van der Waals surface area contributed by atoms with E-state index in [0.29, 0.717) is 5.69 Å². The Balaban J connectivity index is 1.57. The monoisotopic (exact) mass is 377 g/mol. The van der Waals surface area contributed by atoms with Crippen LogP contribution in [0, 0.1) is 6.92 Å². The Morgan fingerprint density at radius 3 is 2.19 bits per heavy atom. The Morgan fingerprint density at radius 1 is 0.963 bits per heavy atom. The van der Waals surface area contributed by atoms with Crippen LogP contribution >= 0.6 is 11.8 Å². The van der Waals surface area contributed by atoms with E-state index in [0.717, 1.165) is 21.2 Å². The number of fused-ring (bicyclic) bond motifs is 2. The third-order valence-electron chi connectivity index (χ3n) is 4.00. The van der Waals surface area contributed by atoms with Gasteiger partial charge in [-0.05, 0) is 31.2 Å². The number of aryl methyl sites for hydroxylation is 1. The Bertz CT molecular complexity index is 975. The van der Waals surface area contributed by atoms with Gasteiger partial charge in [0, 0.05) is 16.0 Å². The summed E-state index contributed by atoms with van der Waals surface area (Å²) in [7, 11) is 0. The second-order valence-electron chi connectivity index (χ2n) is 5.89. The van der Waals surface area contributed by atoms with Crippen LogP contribution in [0.5, 0.6) is 0 Å². The van der Waals surface area contributed by atoms with Crippen molar-refractivity contribution >= 4 is 35.0 Å². The molecule has 0 saturated heterocycles. The van der Waals surface area contributed by atoms with Crippen molar-refractivity contribution in [2.75, 3.05) is 11.5 Å². The van der Waals surface area contributed by atoms with Gasteiger partial charge in [0.15, 0.2) is 12.3 Å². The topological polar surface area (TPSA) is 72.4 Å². The van der Waals surface area contributed by atoms with Gasteiger partial charge in [0.25, 0.3) is 5.91 Å². The number of anilines is 2. The predicted molar refractivity (Wildman–Crippen MR) is 101 cm³/mol. The van der Waals surface area contributed by atoms with Crippen molar-refractivity contribution in [1.82, 2.24) is 9.97 Å². The minimum Gasteiger partial charge on any atom is -0.451 e. The van der Waals surface area contributed by atoms with Crippen LogP contribution in [-0.4, -0.2) is 28.5 Å². The molecule has 0 bridgehead atoms. The van der Waals surface area contributed by atoms with Crippen LogP contribution in [0.25, 0.3) is 0 Å². The summed E-state index contributed by atoms with van der Waals surface area (Å²) in [5.74, 6) is -1.01. The zero-order chi connectivity index (χ0) is 18.8. The van der Waals surface area contributed by atoms with Crippen LogP contribution < -0.4 is 4.90 Å². The van der Waals surface area contributed by atoms with Gasteiger partial charge in [-0.2, -0.15) is 0 Å². The number of hydrogen-bond donors (Lipinski definition) is 0. The van der Waals surface area contributed by atoms with Crippen molar-refractivity contribution in [3.05, 3.63) is 72.3 Å². The lowest BCUT2D eigenvalue weighted by atomic mass is 10.2. The maximum Gasteiger partial charge on any atom is 0.359 e. The van der Waals surface area contributed by atoms with Gasteiger partial charge in [-0.15, -0.1) is 0 Å². The van der Waals surface area contributed by atoms with Gasteiger partial charge >= 0.3 is 5.97 Å². The number of rotatable bonds is 3. The van der Waals surface area contributed by atoms with Crippen LogP contribution in [0.2, 0.25) is 0 Å². The van der Waals surface area contributed by atoms with E-state index in [1.165, 1.54) is 12.4 Å². The summed E-state index contributed by atoms with van der Waals surface area (Å²) in [6.45, 7) is 1.39. The third kappa shape index (κ3) is 3.41. The summed E-state index contributed by atoms with van der Waals surface area (Å²) in [6, 6.07) is 15.3. The van der Waals surface area contributed by atoms with Gasteiger partial charge in [-0.3, -0.25) is 14.7 Å². The fourth-order valence-corrected chi connectivity index (χ4v) is 3.80. The molecule has 7 heteroatoms. The molecule has 3 aromatic rings. The first-order valence-corrected chi connectivity index (χ1v) is 9.10. The molecule has 1 aliphatic rings. The van der Waals surface area contributed by atoms with Gasteiger partial charge in [-0.1, -0.05) is 36.0 Å². The molecule has 27 heavy (non-hydrogen) atoms. The summed E-state index contributed by atoms with van der Waals surface area (Å²) in [5, 5.41) is 0. The van der Waals surface area contributed by atoms with Gasteiger partial charge < -0.3 is 4.74 Å². The number of esters is 1. The van der Waals surface area contributed by atoms with Gasteiger partial charge in [0.2, 0.25) is 0 Å². The standard InChI is InChI=1S/C20H15N3O3S/c1-13-10-22-14(11-21-13)20(25)26-12-19(24)23-15-6-2-4-8-17(15)27-18-9-5-3-7-16(18)23/h2-11H,12H2,1H3. The average molecular weight is 377 g/mol. The smallest absolute Gasteiger partial charge is 0.359 e. The number of aromatic nitrogens is 2. The lowest BCUT2D eigenvalue weighted by Gasteiger charge is -2.30. The highest BCUT2D eigenvalue weighted by atomic mass is 32.2. The lowest BCUT2D eigenvalue weighted by Crippen LogP contribution is -2.32. The molecule has 0 aliphatic carbocycles. The molecule has 0 fully saturated rings. The zero-order valence-electron chi connectivity index (χ0n) is 14.5. The number of benzene rings is 2. The quantitative estimate of drug-likeness (QED) is 0.647. The summed E-state index contributed by atoms with van der Waals surface area (Å²) in [4.78, 5) is 36.6. The second kappa shape index (κ2) is 7.20. The number of nitrogens with zero attached hydrogens (tertiary/aromatic N) is 3. The molecule has 1 amide bonds. The largest absolute Gasteiger partial charge is 0.451 e. The molecule has 4 rings (SSSR count). The van der Waals surface area contributed by atoms with Crippen LogP contribution in [0.3, 0.4) is 0 Å². The van der Waals surface area contributed by atoms with Crippen molar-refractivity contribution in [3.63, 3.8) is 0 Å². The van der Waals surface area contributed by atoms with E-state index < -0.39 is 5.97 Å². The first kappa shape index (κ1) is 17.2. The molecule has 6 nitrogen and oxygen atoms in total. The molecule has 0 atom stereocenters. The number of ether oxygens (including phenoxy) is 1. The molecule has 0 spiro atoms. The normalized spacial score (nSPS) is 12.1. The highest BCUT2D eigenvalue weighted by Gasteiger charge is 2.28. The van der Waals surface area contributed by atoms with Crippen molar-refractivity contribution < 1.29 is 14.3 Å². The van der Waals surface area contributed by atoms with Crippen molar-refractivity contribution in [3.8, 4) is 0 Å². The number of para-hydroxylation sites is 2. The molecule has 0 radical (unpaired) electrons. The van der Waals surface area contributed by atoms with E-state index in [1.807, 2.05) is 48.5 Å². The van der Waals surface area contributed by atoms with Gasteiger partial charge in [0.1, 0.15) is 0 Å². The molecule has 1 aliphatic heterocycles. The number of carbonyl (C=O) groups is 2. The summed E-state index contributed by atoms with van der Waals surface area (Å²) < 4.78 is 5.17. The van der Waals surface area contributed by atoms with Crippen molar-refractivity contribution in [1.29, 1.82) is 0 Å². The fraction of sp³-hybridized carbons (Fsp3) is 0.100. The first-order chi connectivity index (χ1) is 13.1. The van der Waals surface area contributed by atoms with Crippen molar-refractivity contribution in [2.45, 2.75) is 16.7 Å². The average Bonchev–Trinajstić information content (AvgIpc) is 2.70. The highest BCUT2D eigenvalue weighted by Crippen LogP contribution is 2.47. The zero-order valence-corrected chi connectivity index (χ0v) is 15.3. The molecule has 0 saturated carbocycles. The fourth-order valence-electron chi connectivity index (χ4n) is 2.74. The van der Waals surface area contributed by atoms with E-state index in [4.69, 9.17) is 4.74 Å². The molecule has 0 unspecified atom stereocenters. The van der Waals surface area contributed by atoms with Crippen LogP contribution in [0.1, 0.15) is 16.2 Å². The summed E-state index contributed by atoms with van der Waals surface area (Å²) in [6.07, 6.45) is 2.82.